The quantitative estimate of drug-likeness (QED) is 0.759. The van der Waals surface area contributed by atoms with Gasteiger partial charge >= 0.3 is 0 Å². The van der Waals surface area contributed by atoms with Crippen molar-refractivity contribution in [1.29, 1.82) is 0 Å². The van der Waals surface area contributed by atoms with E-state index in [9.17, 15) is 18.4 Å². The predicted molar refractivity (Wildman–Crippen MR) is 60.8 cm³/mol. The maximum atomic E-state index is 13.5. The Morgan fingerprint density at radius 1 is 1.44 bits per heavy atom. The molecule has 1 atom stereocenters. The molecule has 2 rings (SSSR count). The number of halogens is 2. The molecule has 18 heavy (non-hydrogen) atoms. The molecule has 0 N–H and O–H groups in total. The number of carbonyl (C=O) groups excluding carboxylic acids is 2. The highest BCUT2D eigenvalue weighted by molar-refractivity contribution is 6.05. The van der Waals surface area contributed by atoms with Crippen molar-refractivity contribution in [3.05, 3.63) is 35.4 Å². The normalized spacial score (nSPS) is 19.4. The van der Waals surface area contributed by atoms with Crippen LogP contribution in [0.1, 0.15) is 30.1 Å². The van der Waals surface area contributed by atoms with Crippen LogP contribution in [-0.4, -0.2) is 23.3 Å². The smallest absolute Gasteiger partial charge is 0.263 e. The highest BCUT2D eigenvalue weighted by Gasteiger charge is 2.34. The van der Waals surface area contributed by atoms with Crippen LogP contribution in [0.5, 0.6) is 0 Å². The largest absolute Gasteiger partial charge is 0.278 e. The molecule has 1 aliphatic rings. The fourth-order valence-electron chi connectivity index (χ4n) is 2.07. The maximum absolute atomic E-state index is 13.5. The summed E-state index contributed by atoms with van der Waals surface area (Å²) in [6, 6.07) is 3.38. The highest BCUT2D eigenvalue weighted by atomic mass is 19.2. The lowest BCUT2D eigenvalue weighted by molar-refractivity contribution is -0.125. The molecular weight excluding hydrogens is 240 g/mol. The zero-order valence-electron chi connectivity index (χ0n) is 9.95. The van der Waals surface area contributed by atoms with Gasteiger partial charge in [0.05, 0.1) is 5.56 Å². The molecule has 1 aliphatic heterocycles. The van der Waals surface area contributed by atoms with Crippen molar-refractivity contribution >= 4 is 11.8 Å². The third kappa shape index (κ3) is 2.12. The van der Waals surface area contributed by atoms with E-state index in [1.807, 2.05) is 6.92 Å². The number of benzene rings is 1. The highest BCUT2D eigenvalue weighted by Crippen LogP contribution is 2.23. The first kappa shape index (κ1) is 12.7. The first-order valence-corrected chi connectivity index (χ1v) is 5.83. The van der Waals surface area contributed by atoms with Gasteiger partial charge in [-0.15, -0.1) is 0 Å². The molecule has 0 spiro atoms. The van der Waals surface area contributed by atoms with Crippen LogP contribution in [0.4, 0.5) is 8.78 Å². The number of amides is 2. The molecule has 1 heterocycles. The molecule has 2 amide bonds. The predicted octanol–water partition coefficient (Wildman–Crippen LogP) is 2.36. The fourth-order valence-corrected chi connectivity index (χ4v) is 2.07. The Morgan fingerprint density at radius 3 is 2.78 bits per heavy atom. The number of rotatable bonds is 2. The number of carbonyl (C=O) groups is 2. The molecule has 0 bridgehead atoms. The van der Waals surface area contributed by atoms with Crippen LogP contribution in [0, 0.1) is 17.6 Å². The summed E-state index contributed by atoms with van der Waals surface area (Å²) in [6.45, 7) is 2.21. The van der Waals surface area contributed by atoms with Gasteiger partial charge in [-0.3, -0.25) is 14.5 Å². The molecule has 1 aromatic carbocycles. The number of hydrogen-bond donors (Lipinski definition) is 0. The van der Waals surface area contributed by atoms with Crippen LogP contribution in [0.2, 0.25) is 0 Å². The van der Waals surface area contributed by atoms with Gasteiger partial charge in [-0.25, -0.2) is 8.78 Å². The van der Waals surface area contributed by atoms with Crippen molar-refractivity contribution in [2.75, 3.05) is 6.54 Å². The second-order valence-corrected chi connectivity index (χ2v) is 4.39. The molecule has 0 aromatic heterocycles. The van der Waals surface area contributed by atoms with Gasteiger partial charge in [0.2, 0.25) is 5.91 Å². The van der Waals surface area contributed by atoms with Crippen LogP contribution in [0.15, 0.2) is 18.2 Å². The van der Waals surface area contributed by atoms with E-state index in [0.717, 1.165) is 17.4 Å². The molecule has 3 nitrogen and oxygen atoms in total. The summed E-state index contributed by atoms with van der Waals surface area (Å²) in [6.07, 6.45) is 1.07. The second kappa shape index (κ2) is 4.84. The van der Waals surface area contributed by atoms with Crippen molar-refractivity contribution in [3.63, 3.8) is 0 Å². The molecule has 0 radical (unpaired) electrons. The van der Waals surface area contributed by atoms with Gasteiger partial charge in [0.25, 0.3) is 5.91 Å². The number of imide groups is 1. The Hall–Kier alpha value is -1.78. The Balaban J connectivity index is 2.27. The van der Waals surface area contributed by atoms with Crippen molar-refractivity contribution < 1.29 is 18.4 Å². The van der Waals surface area contributed by atoms with E-state index in [1.54, 1.807) is 0 Å². The van der Waals surface area contributed by atoms with Crippen molar-refractivity contribution in [3.8, 4) is 0 Å². The lowest BCUT2D eigenvalue weighted by atomic mass is 10.1. The summed E-state index contributed by atoms with van der Waals surface area (Å²) < 4.78 is 26.5. The summed E-state index contributed by atoms with van der Waals surface area (Å²) in [5.74, 6) is -3.25. The van der Waals surface area contributed by atoms with E-state index in [4.69, 9.17) is 0 Å². The summed E-state index contributed by atoms with van der Waals surface area (Å²) >= 11 is 0. The fraction of sp³-hybridized carbons (Fsp3) is 0.385. The van der Waals surface area contributed by atoms with E-state index in [0.29, 0.717) is 6.42 Å². The third-order valence-corrected chi connectivity index (χ3v) is 3.21. The van der Waals surface area contributed by atoms with Gasteiger partial charge in [0.15, 0.2) is 11.6 Å². The minimum Gasteiger partial charge on any atom is -0.278 e. The van der Waals surface area contributed by atoms with Crippen LogP contribution in [0.3, 0.4) is 0 Å². The number of likely N-dealkylation sites (tertiary alicyclic amines) is 1. The molecule has 1 aromatic rings. The Morgan fingerprint density at radius 2 is 2.17 bits per heavy atom. The zero-order chi connectivity index (χ0) is 13.3. The molecule has 1 saturated heterocycles. The molecule has 5 heteroatoms. The second-order valence-electron chi connectivity index (χ2n) is 4.39. The monoisotopic (exact) mass is 253 g/mol. The van der Waals surface area contributed by atoms with Crippen LogP contribution in [-0.2, 0) is 4.79 Å². The minimum atomic E-state index is -1.20. The minimum absolute atomic E-state index is 0.109. The van der Waals surface area contributed by atoms with E-state index < -0.39 is 17.5 Å². The molecular formula is C13H13F2NO2. The lowest BCUT2D eigenvalue weighted by Gasteiger charge is -2.15. The molecule has 1 fully saturated rings. The zero-order valence-corrected chi connectivity index (χ0v) is 9.95. The van der Waals surface area contributed by atoms with Gasteiger partial charge in [0.1, 0.15) is 0 Å². The van der Waals surface area contributed by atoms with Gasteiger partial charge in [-0.05, 0) is 18.1 Å². The van der Waals surface area contributed by atoms with Gasteiger partial charge in [-0.1, -0.05) is 19.4 Å². The van der Waals surface area contributed by atoms with E-state index >= 15 is 0 Å². The SMILES string of the molecule is CCC1CC(=O)N(C(=O)c2cccc(F)c2F)C1. The lowest BCUT2D eigenvalue weighted by Crippen LogP contribution is -2.33. The Labute approximate surface area is 103 Å². The summed E-state index contributed by atoms with van der Waals surface area (Å²) in [4.78, 5) is 24.6. The summed E-state index contributed by atoms with van der Waals surface area (Å²) in [5.41, 5.74) is -0.389. The van der Waals surface area contributed by atoms with Crippen LogP contribution >= 0.6 is 0 Å². The molecule has 96 valence electrons. The average molecular weight is 253 g/mol. The van der Waals surface area contributed by atoms with Gasteiger partial charge in [0, 0.05) is 13.0 Å². The maximum Gasteiger partial charge on any atom is 0.263 e. The summed E-state index contributed by atoms with van der Waals surface area (Å²) in [7, 11) is 0. The van der Waals surface area contributed by atoms with Gasteiger partial charge < -0.3 is 0 Å². The topological polar surface area (TPSA) is 37.4 Å². The molecule has 1 unspecified atom stereocenters. The molecule has 0 aliphatic carbocycles. The van der Waals surface area contributed by atoms with E-state index in [-0.39, 0.29) is 23.9 Å². The average Bonchev–Trinajstić information content (AvgIpc) is 2.73. The van der Waals surface area contributed by atoms with Crippen LogP contribution in [0.25, 0.3) is 0 Å². The van der Waals surface area contributed by atoms with Crippen molar-refractivity contribution in [2.45, 2.75) is 19.8 Å². The van der Waals surface area contributed by atoms with E-state index in [2.05, 4.69) is 0 Å². The molecule has 0 saturated carbocycles. The number of nitrogens with zero attached hydrogens (tertiary/aromatic N) is 1. The Bertz CT molecular complexity index is 502. The Kier molecular flexibility index (Phi) is 3.41. The number of hydrogen-bond acceptors (Lipinski definition) is 2. The van der Waals surface area contributed by atoms with E-state index in [1.165, 1.54) is 12.1 Å². The first-order chi connectivity index (χ1) is 8.54. The first-order valence-electron chi connectivity index (χ1n) is 5.83. The van der Waals surface area contributed by atoms with Gasteiger partial charge in [-0.2, -0.15) is 0 Å². The summed E-state index contributed by atoms with van der Waals surface area (Å²) in [5, 5.41) is 0. The third-order valence-electron chi connectivity index (χ3n) is 3.21. The standard InChI is InChI=1S/C13H13F2NO2/c1-2-8-6-11(17)16(7-8)13(18)9-4-3-5-10(14)12(9)15/h3-5,8H,2,6-7H2,1H3. The van der Waals surface area contributed by atoms with Crippen molar-refractivity contribution in [1.82, 2.24) is 4.90 Å². The van der Waals surface area contributed by atoms with Crippen LogP contribution < -0.4 is 0 Å². The van der Waals surface area contributed by atoms with Crippen molar-refractivity contribution in [2.24, 2.45) is 5.92 Å².